The lowest BCUT2D eigenvalue weighted by Gasteiger charge is -2.15. The monoisotopic (exact) mass is 1180 g/mol. The maximum Gasteiger partial charge on any atom is 0.238 e. The molecular weight excluding hydrogens is 1130 g/mol. The van der Waals surface area contributed by atoms with Crippen molar-refractivity contribution >= 4 is 98.3 Å². The summed E-state index contributed by atoms with van der Waals surface area (Å²) >= 11 is 0. The third kappa shape index (κ3) is 7.85. The topological polar surface area (TPSA) is 110 Å². The molecule has 19 rings (SSSR count). The van der Waals surface area contributed by atoms with Crippen LogP contribution in [0.3, 0.4) is 0 Å². The minimum Gasteiger partial charge on any atom is -0.307 e. The van der Waals surface area contributed by atoms with Gasteiger partial charge in [-0.25, -0.2) is 24.9 Å². The Hall–Kier alpha value is -12.7. The van der Waals surface area contributed by atoms with Gasteiger partial charge in [-0.15, -0.1) is 0 Å². The third-order valence-corrected chi connectivity index (χ3v) is 18.0. The van der Waals surface area contributed by atoms with Crippen LogP contribution in [0, 0.1) is 0 Å². The fourth-order valence-corrected chi connectivity index (χ4v) is 14.1. The number of hydrogen-bond donors (Lipinski definition) is 0. The lowest BCUT2D eigenvalue weighted by molar-refractivity contribution is 0.953. The molecule has 0 N–H and O–H groups in total. The van der Waals surface area contributed by atoms with E-state index in [2.05, 4.69) is 225 Å². The van der Waals surface area contributed by atoms with Gasteiger partial charge in [0, 0.05) is 88.0 Å². The predicted octanol–water partition coefficient (Wildman–Crippen LogP) is 19.3. The summed E-state index contributed by atoms with van der Waals surface area (Å²) in [7, 11) is 0. The van der Waals surface area contributed by atoms with Gasteiger partial charge in [0.2, 0.25) is 5.95 Å². The molecule has 0 fully saturated rings. The molecule has 0 radical (unpaired) electrons. The second kappa shape index (κ2) is 20.4. The van der Waals surface area contributed by atoms with Gasteiger partial charge in [-0.2, -0.15) is 9.97 Å². The molecule has 11 heteroatoms. The molecule has 0 saturated heterocycles. The summed E-state index contributed by atoms with van der Waals surface area (Å²) in [5, 5.41) is 8.89. The number of aromatic nitrogens is 11. The van der Waals surface area contributed by atoms with Crippen molar-refractivity contribution in [3.05, 3.63) is 297 Å². The highest BCUT2D eigenvalue weighted by atomic mass is 15.2. The van der Waals surface area contributed by atoms with E-state index in [0.29, 0.717) is 40.3 Å². The highest BCUT2D eigenvalue weighted by molar-refractivity contribution is 6.31. The van der Waals surface area contributed by atoms with Crippen molar-refractivity contribution in [1.29, 1.82) is 0 Å². The van der Waals surface area contributed by atoms with Crippen molar-refractivity contribution in [1.82, 2.24) is 53.2 Å². The van der Waals surface area contributed by atoms with E-state index in [-0.39, 0.29) is 0 Å². The van der Waals surface area contributed by atoms with Crippen LogP contribution in [-0.2, 0) is 0 Å². The Labute approximate surface area is 525 Å². The smallest absolute Gasteiger partial charge is 0.238 e. The minimum absolute atomic E-state index is 0.527. The fraction of sp³-hybridized carbons (Fsp3) is 0. The standard InChI is InChI=1S/C81H49N11/c1-7-24-50(25-8-1)69-70-66(49-82-77(85-70)51-26-9-2-10-27-51)83-80(84-69)54-32-23-37-57(48-54)89-67-40-21-19-38-58(67)60-42-44-62-63-46-47-64-65-45-43-61-59-39-20-22-41-68(59)92(81-87-78(52-28-11-3-12-29-52)86-79(88-81)53-30-13-4-14-31-53)76(61)75(65)91(56-35-17-6-18-36-56)74(64)73(63)90(72(62)71(60)89)55-33-15-5-16-34-55/h1-49H. The molecule has 0 amide bonds. The van der Waals surface area contributed by atoms with Crippen molar-refractivity contribution in [2.24, 2.45) is 0 Å². The number of rotatable bonds is 9. The Balaban J connectivity index is 0.913. The molecule has 0 unspecified atom stereocenters. The molecule has 11 nitrogen and oxygen atoms in total. The summed E-state index contributed by atoms with van der Waals surface area (Å²) in [6.07, 6.45) is 1.83. The summed E-state index contributed by atoms with van der Waals surface area (Å²) in [6.45, 7) is 0. The van der Waals surface area contributed by atoms with E-state index in [4.69, 9.17) is 34.9 Å². The van der Waals surface area contributed by atoms with E-state index in [9.17, 15) is 0 Å². The SMILES string of the molecule is c1ccc(-c2nc(-c3ccccc3)nc(-n3c4ccccc4c4ccc5c6ccc7c8ccc9c%10ccccc%10n(-c%10cccc(-c%11nc(-c%12ccccc%12)c%12nc(-c%13ccccc%13)ncc%12n%11)c%10)c9c8n(-c8ccccc8)c7c6n(-c6ccccc6)c5c43)n2)cc1. The lowest BCUT2D eigenvalue weighted by atomic mass is 10.1. The van der Waals surface area contributed by atoms with Gasteiger partial charge in [-0.1, -0.05) is 243 Å². The molecule has 0 aliphatic heterocycles. The predicted molar refractivity (Wildman–Crippen MR) is 373 cm³/mol. The van der Waals surface area contributed by atoms with Crippen molar-refractivity contribution in [3.63, 3.8) is 0 Å². The molecule has 428 valence electrons. The largest absolute Gasteiger partial charge is 0.307 e. The van der Waals surface area contributed by atoms with Gasteiger partial charge in [0.05, 0.1) is 50.3 Å². The minimum atomic E-state index is 0.527. The van der Waals surface area contributed by atoms with Crippen LogP contribution in [-0.4, -0.2) is 53.2 Å². The molecular formula is C81H49N11. The average molecular weight is 1180 g/mol. The van der Waals surface area contributed by atoms with Gasteiger partial charge < -0.3 is 13.7 Å². The first-order chi connectivity index (χ1) is 45.7. The highest BCUT2D eigenvalue weighted by Gasteiger charge is 2.29. The molecule has 7 heterocycles. The van der Waals surface area contributed by atoms with Crippen LogP contribution in [0.1, 0.15) is 0 Å². The Morgan fingerprint density at radius 1 is 0.228 bits per heavy atom. The Morgan fingerprint density at radius 2 is 0.598 bits per heavy atom. The zero-order valence-corrected chi connectivity index (χ0v) is 49.2. The Bertz CT molecular complexity index is 6100. The zero-order chi connectivity index (χ0) is 60.4. The summed E-state index contributed by atoms with van der Waals surface area (Å²) in [6, 6.07) is 102. The first-order valence-electron chi connectivity index (χ1n) is 30.8. The van der Waals surface area contributed by atoms with Crippen LogP contribution in [0.15, 0.2) is 297 Å². The molecule has 7 aromatic heterocycles. The van der Waals surface area contributed by atoms with Crippen molar-refractivity contribution in [3.8, 4) is 79.8 Å². The van der Waals surface area contributed by atoms with Gasteiger partial charge >= 0.3 is 0 Å². The van der Waals surface area contributed by atoms with Crippen LogP contribution in [0.4, 0.5) is 0 Å². The van der Waals surface area contributed by atoms with Gasteiger partial charge in [0.25, 0.3) is 0 Å². The highest BCUT2D eigenvalue weighted by Crippen LogP contribution is 2.48. The van der Waals surface area contributed by atoms with Gasteiger partial charge in [-0.05, 0) is 48.5 Å². The van der Waals surface area contributed by atoms with Crippen molar-refractivity contribution in [2.45, 2.75) is 0 Å². The third-order valence-electron chi connectivity index (χ3n) is 18.0. The maximum absolute atomic E-state index is 5.42. The second-order valence-electron chi connectivity index (χ2n) is 23.2. The molecule has 0 bridgehead atoms. The van der Waals surface area contributed by atoms with Gasteiger partial charge in [-0.3, -0.25) is 4.57 Å². The molecule has 0 aliphatic rings. The van der Waals surface area contributed by atoms with Crippen molar-refractivity contribution in [2.75, 3.05) is 0 Å². The number of nitrogens with zero attached hydrogens (tertiary/aromatic N) is 11. The quantitative estimate of drug-likeness (QED) is 0.142. The fourth-order valence-electron chi connectivity index (χ4n) is 14.1. The van der Waals surface area contributed by atoms with Gasteiger partial charge in [0.1, 0.15) is 16.7 Å². The van der Waals surface area contributed by atoms with E-state index in [1.54, 1.807) is 0 Å². The van der Waals surface area contributed by atoms with Crippen LogP contribution in [0.5, 0.6) is 0 Å². The number of benzene rings is 12. The number of fused-ring (bicyclic) bond motifs is 16. The molecule has 0 spiro atoms. The number of hydrogen-bond acceptors (Lipinski definition) is 7. The van der Waals surface area contributed by atoms with Crippen LogP contribution >= 0.6 is 0 Å². The Kier molecular flexibility index (Phi) is 11.4. The second-order valence-corrected chi connectivity index (χ2v) is 23.2. The molecule has 0 saturated carbocycles. The number of para-hydroxylation sites is 4. The lowest BCUT2D eigenvalue weighted by Crippen LogP contribution is -2.07. The van der Waals surface area contributed by atoms with Crippen LogP contribution < -0.4 is 0 Å². The maximum atomic E-state index is 5.42. The summed E-state index contributed by atoms with van der Waals surface area (Å²) in [5.74, 6) is 2.90. The van der Waals surface area contributed by atoms with Crippen LogP contribution in [0.2, 0.25) is 0 Å². The summed E-state index contributed by atoms with van der Waals surface area (Å²) < 4.78 is 9.73. The molecule has 0 aliphatic carbocycles. The average Bonchev–Trinajstić information content (AvgIpc) is 1.52. The van der Waals surface area contributed by atoms with E-state index in [0.717, 1.165) is 138 Å². The molecule has 12 aromatic carbocycles. The van der Waals surface area contributed by atoms with E-state index in [1.807, 2.05) is 91.1 Å². The van der Waals surface area contributed by atoms with E-state index < -0.39 is 0 Å². The van der Waals surface area contributed by atoms with Crippen molar-refractivity contribution < 1.29 is 0 Å². The van der Waals surface area contributed by atoms with Crippen LogP contribution in [0.25, 0.3) is 178 Å². The normalized spacial score (nSPS) is 11.9. The Morgan fingerprint density at radius 3 is 1.10 bits per heavy atom. The van der Waals surface area contributed by atoms with E-state index in [1.165, 1.54) is 0 Å². The van der Waals surface area contributed by atoms with E-state index >= 15 is 0 Å². The molecule has 19 aromatic rings. The summed E-state index contributed by atoms with van der Waals surface area (Å²) in [5.41, 5.74) is 18.0. The molecule has 92 heavy (non-hydrogen) atoms. The summed E-state index contributed by atoms with van der Waals surface area (Å²) in [4.78, 5) is 36.6. The van der Waals surface area contributed by atoms with Gasteiger partial charge in [0.15, 0.2) is 23.3 Å². The zero-order valence-electron chi connectivity index (χ0n) is 49.2. The first-order valence-corrected chi connectivity index (χ1v) is 30.8. The molecule has 0 atom stereocenters. The first kappa shape index (κ1) is 51.3.